The number of aryl methyl sites for hydroxylation is 1. The van der Waals surface area contributed by atoms with E-state index < -0.39 is 0 Å². The molecule has 5 heteroatoms. The number of amides is 1. The fourth-order valence-corrected chi connectivity index (χ4v) is 2.68. The second kappa shape index (κ2) is 6.74. The topological polar surface area (TPSA) is 55.6 Å². The van der Waals surface area contributed by atoms with Gasteiger partial charge in [0, 0.05) is 12.4 Å². The standard InChI is InChI=1S/C19H21N3O2/c1-4-16(14-5-7-15(24-3)8-6-14)21-19(23)17-12-22-10-9-13(2)11-18(22)20-17/h5-12,16H,4H2,1-3H3,(H,21,23). The lowest BCUT2D eigenvalue weighted by molar-refractivity contribution is 0.0931. The van der Waals surface area contributed by atoms with Gasteiger partial charge < -0.3 is 14.5 Å². The van der Waals surface area contributed by atoms with E-state index in [4.69, 9.17) is 4.74 Å². The van der Waals surface area contributed by atoms with Crippen LogP contribution < -0.4 is 10.1 Å². The second-order valence-corrected chi connectivity index (χ2v) is 5.80. The summed E-state index contributed by atoms with van der Waals surface area (Å²) in [6.45, 7) is 4.05. The number of imidazole rings is 1. The van der Waals surface area contributed by atoms with Crippen LogP contribution in [0.5, 0.6) is 5.75 Å². The number of nitrogens with one attached hydrogen (secondary N) is 1. The largest absolute Gasteiger partial charge is 0.497 e. The minimum absolute atomic E-state index is 0.0602. The van der Waals surface area contributed by atoms with E-state index in [1.54, 1.807) is 13.3 Å². The van der Waals surface area contributed by atoms with Crippen LogP contribution in [0.1, 0.15) is 41.0 Å². The molecule has 0 aliphatic rings. The molecular weight excluding hydrogens is 302 g/mol. The van der Waals surface area contributed by atoms with E-state index in [-0.39, 0.29) is 11.9 Å². The summed E-state index contributed by atoms with van der Waals surface area (Å²) in [5, 5.41) is 3.06. The van der Waals surface area contributed by atoms with Crippen molar-refractivity contribution in [2.24, 2.45) is 0 Å². The molecule has 1 aromatic carbocycles. The third kappa shape index (κ3) is 3.25. The van der Waals surface area contributed by atoms with Crippen molar-refractivity contribution in [3.8, 4) is 5.75 Å². The Hall–Kier alpha value is -2.82. The van der Waals surface area contributed by atoms with Crippen molar-refractivity contribution in [1.29, 1.82) is 0 Å². The van der Waals surface area contributed by atoms with Gasteiger partial charge in [-0.15, -0.1) is 0 Å². The maximum absolute atomic E-state index is 12.6. The van der Waals surface area contributed by atoms with Crippen molar-refractivity contribution in [3.05, 3.63) is 65.6 Å². The highest BCUT2D eigenvalue weighted by atomic mass is 16.5. The van der Waals surface area contributed by atoms with Gasteiger partial charge in [-0.2, -0.15) is 0 Å². The van der Waals surface area contributed by atoms with Gasteiger partial charge in [-0.3, -0.25) is 4.79 Å². The lowest BCUT2D eigenvalue weighted by atomic mass is 10.0. The number of hydrogen-bond donors (Lipinski definition) is 1. The molecule has 0 fully saturated rings. The number of benzene rings is 1. The Morgan fingerprint density at radius 1 is 1.29 bits per heavy atom. The molecule has 0 saturated carbocycles. The zero-order chi connectivity index (χ0) is 17.1. The van der Waals surface area contributed by atoms with E-state index in [9.17, 15) is 4.79 Å². The fraction of sp³-hybridized carbons (Fsp3) is 0.263. The summed E-state index contributed by atoms with van der Waals surface area (Å²) < 4.78 is 7.03. The maximum Gasteiger partial charge on any atom is 0.271 e. The number of nitrogens with zero attached hydrogens (tertiary/aromatic N) is 2. The SMILES string of the molecule is CCC(NC(=O)c1cn2ccc(C)cc2n1)c1ccc(OC)cc1. The summed E-state index contributed by atoms with van der Waals surface area (Å²) in [4.78, 5) is 17.0. The molecule has 124 valence electrons. The summed E-state index contributed by atoms with van der Waals surface area (Å²) in [6, 6.07) is 11.6. The zero-order valence-electron chi connectivity index (χ0n) is 14.1. The maximum atomic E-state index is 12.6. The Bertz CT molecular complexity index is 853. The fourth-order valence-electron chi connectivity index (χ4n) is 2.68. The zero-order valence-corrected chi connectivity index (χ0v) is 14.1. The number of carbonyl (C=O) groups excluding carboxylic acids is 1. The van der Waals surface area contributed by atoms with E-state index >= 15 is 0 Å². The molecule has 0 radical (unpaired) electrons. The number of carbonyl (C=O) groups is 1. The molecule has 3 aromatic rings. The molecule has 2 heterocycles. The first kappa shape index (κ1) is 16.1. The summed E-state index contributed by atoms with van der Waals surface area (Å²) in [5.41, 5.74) is 3.36. The molecule has 1 unspecified atom stereocenters. The first-order chi connectivity index (χ1) is 11.6. The van der Waals surface area contributed by atoms with Gasteiger partial charge in [0.05, 0.1) is 13.2 Å². The number of ether oxygens (including phenoxy) is 1. The molecule has 5 nitrogen and oxygen atoms in total. The Balaban J connectivity index is 1.79. The molecule has 24 heavy (non-hydrogen) atoms. The predicted octanol–water partition coefficient (Wildman–Crippen LogP) is 3.53. The third-order valence-corrected chi connectivity index (χ3v) is 4.08. The van der Waals surface area contributed by atoms with Gasteiger partial charge in [-0.1, -0.05) is 19.1 Å². The average Bonchev–Trinajstić information content (AvgIpc) is 3.03. The van der Waals surface area contributed by atoms with Crippen LogP contribution in [-0.4, -0.2) is 22.4 Å². The number of pyridine rings is 1. The Morgan fingerprint density at radius 3 is 2.71 bits per heavy atom. The summed E-state index contributed by atoms with van der Waals surface area (Å²) in [6.07, 6.45) is 4.46. The van der Waals surface area contributed by atoms with Crippen LogP contribution in [0.3, 0.4) is 0 Å². The quantitative estimate of drug-likeness (QED) is 0.781. The summed E-state index contributed by atoms with van der Waals surface area (Å²) in [7, 11) is 1.64. The van der Waals surface area contributed by atoms with Crippen molar-refractivity contribution >= 4 is 11.6 Å². The molecule has 1 atom stereocenters. The van der Waals surface area contributed by atoms with Crippen molar-refractivity contribution in [3.63, 3.8) is 0 Å². The predicted molar refractivity (Wildman–Crippen MR) is 93.4 cm³/mol. The highest BCUT2D eigenvalue weighted by molar-refractivity contribution is 5.93. The van der Waals surface area contributed by atoms with Gasteiger partial charge in [-0.05, 0) is 48.7 Å². The van der Waals surface area contributed by atoms with Gasteiger partial charge in [-0.25, -0.2) is 4.98 Å². The van der Waals surface area contributed by atoms with Gasteiger partial charge in [0.1, 0.15) is 17.1 Å². The van der Waals surface area contributed by atoms with Crippen molar-refractivity contribution < 1.29 is 9.53 Å². The number of hydrogen-bond acceptors (Lipinski definition) is 3. The first-order valence-electron chi connectivity index (χ1n) is 8.01. The Labute approximate surface area is 141 Å². The number of fused-ring (bicyclic) bond motifs is 1. The van der Waals surface area contributed by atoms with Crippen molar-refractivity contribution in [2.75, 3.05) is 7.11 Å². The third-order valence-electron chi connectivity index (χ3n) is 4.08. The van der Waals surface area contributed by atoms with Crippen LogP contribution in [0.2, 0.25) is 0 Å². The molecule has 0 bridgehead atoms. The highest BCUT2D eigenvalue weighted by Gasteiger charge is 2.16. The van der Waals surface area contributed by atoms with Gasteiger partial charge in [0.2, 0.25) is 0 Å². The summed E-state index contributed by atoms with van der Waals surface area (Å²) in [5.74, 6) is 0.634. The first-order valence-corrected chi connectivity index (χ1v) is 8.01. The molecule has 0 saturated heterocycles. The smallest absolute Gasteiger partial charge is 0.271 e. The monoisotopic (exact) mass is 323 g/mol. The number of methoxy groups -OCH3 is 1. The highest BCUT2D eigenvalue weighted by Crippen LogP contribution is 2.20. The second-order valence-electron chi connectivity index (χ2n) is 5.80. The molecule has 0 aliphatic carbocycles. The lowest BCUT2D eigenvalue weighted by Gasteiger charge is -2.17. The van der Waals surface area contributed by atoms with Crippen LogP contribution >= 0.6 is 0 Å². The number of aromatic nitrogens is 2. The van der Waals surface area contributed by atoms with E-state index in [1.165, 1.54) is 0 Å². The Morgan fingerprint density at radius 2 is 2.04 bits per heavy atom. The van der Waals surface area contributed by atoms with Crippen LogP contribution in [0, 0.1) is 6.92 Å². The minimum Gasteiger partial charge on any atom is -0.497 e. The molecular formula is C19H21N3O2. The molecule has 0 spiro atoms. The molecule has 0 aliphatic heterocycles. The van der Waals surface area contributed by atoms with Gasteiger partial charge in [0.15, 0.2) is 0 Å². The van der Waals surface area contributed by atoms with Crippen LogP contribution in [0.4, 0.5) is 0 Å². The number of rotatable bonds is 5. The molecule has 2 aromatic heterocycles. The molecule has 1 amide bonds. The van der Waals surface area contributed by atoms with Gasteiger partial charge in [0.25, 0.3) is 5.91 Å². The van der Waals surface area contributed by atoms with Crippen molar-refractivity contribution in [1.82, 2.24) is 14.7 Å². The van der Waals surface area contributed by atoms with Crippen molar-refractivity contribution in [2.45, 2.75) is 26.3 Å². The van der Waals surface area contributed by atoms with Crippen LogP contribution in [0.25, 0.3) is 5.65 Å². The van der Waals surface area contributed by atoms with E-state index in [0.717, 1.165) is 28.9 Å². The van der Waals surface area contributed by atoms with E-state index in [2.05, 4.69) is 10.3 Å². The van der Waals surface area contributed by atoms with E-state index in [1.807, 2.05) is 60.8 Å². The minimum atomic E-state index is -0.168. The summed E-state index contributed by atoms with van der Waals surface area (Å²) >= 11 is 0. The lowest BCUT2D eigenvalue weighted by Crippen LogP contribution is -2.28. The normalized spacial score (nSPS) is 12.1. The molecule has 3 rings (SSSR count). The Kier molecular flexibility index (Phi) is 4.51. The van der Waals surface area contributed by atoms with Crippen LogP contribution in [0.15, 0.2) is 48.8 Å². The van der Waals surface area contributed by atoms with E-state index in [0.29, 0.717) is 5.69 Å². The van der Waals surface area contributed by atoms with Gasteiger partial charge >= 0.3 is 0 Å². The van der Waals surface area contributed by atoms with Crippen LogP contribution in [-0.2, 0) is 0 Å². The average molecular weight is 323 g/mol. The molecule has 1 N–H and O–H groups in total.